The van der Waals surface area contributed by atoms with Crippen LogP contribution >= 0.6 is 11.3 Å². The molecule has 1 N–H and O–H groups in total. The van der Waals surface area contributed by atoms with Crippen molar-refractivity contribution in [1.29, 1.82) is 0 Å². The van der Waals surface area contributed by atoms with Gasteiger partial charge in [0, 0.05) is 17.5 Å². The zero-order valence-corrected chi connectivity index (χ0v) is 12.5. The number of aryl methyl sites for hydroxylation is 1. The molecule has 20 heavy (non-hydrogen) atoms. The standard InChI is InChI=1S/C15H20N2O2S/c1-2-7-17-14(18)9-12(15(17)19)16-11-4-3-5-13-10(11)6-8-20-13/h6,8,11-12,16H,2-5,7,9H2,1H3. The zero-order chi connectivity index (χ0) is 14.1. The highest BCUT2D eigenvalue weighted by Crippen LogP contribution is 2.34. The molecule has 2 aliphatic rings. The SMILES string of the molecule is CCCN1C(=O)CC(NC2CCCc3sccc32)C1=O. The Hall–Kier alpha value is -1.20. The molecule has 1 aromatic rings. The smallest absolute Gasteiger partial charge is 0.246 e. The number of likely N-dealkylation sites (tertiary alicyclic amines) is 1. The van der Waals surface area contributed by atoms with Gasteiger partial charge in [0.15, 0.2) is 0 Å². The van der Waals surface area contributed by atoms with E-state index in [1.807, 2.05) is 6.92 Å². The number of hydrogen-bond donors (Lipinski definition) is 1. The highest BCUT2D eigenvalue weighted by Gasteiger charge is 2.39. The van der Waals surface area contributed by atoms with Crippen LogP contribution in [0.2, 0.25) is 0 Å². The first-order chi connectivity index (χ1) is 9.70. The lowest BCUT2D eigenvalue weighted by molar-refractivity contribution is -0.138. The Morgan fingerprint density at radius 3 is 3.05 bits per heavy atom. The first-order valence-electron chi connectivity index (χ1n) is 7.37. The molecule has 2 heterocycles. The molecule has 1 aromatic heterocycles. The van der Waals surface area contributed by atoms with E-state index < -0.39 is 0 Å². The van der Waals surface area contributed by atoms with Gasteiger partial charge in [0.1, 0.15) is 0 Å². The number of imide groups is 1. The van der Waals surface area contributed by atoms with Crippen LogP contribution < -0.4 is 5.32 Å². The molecule has 1 aliphatic heterocycles. The number of thiophene rings is 1. The Bertz CT molecular complexity index is 526. The van der Waals surface area contributed by atoms with E-state index >= 15 is 0 Å². The molecule has 2 atom stereocenters. The largest absolute Gasteiger partial charge is 0.298 e. The fraction of sp³-hybridized carbons (Fsp3) is 0.600. The highest BCUT2D eigenvalue weighted by atomic mass is 32.1. The van der Waals surface area contributed by atoms with Gasteiger partial charge in [-0.1, -0.05) is 6.92 Å². The van der Waals surface area contributed by atoms with Gasteiger partial charge in [0.25, 0.3) is 0 Å². The molecular formula is C15H20N2O2S. The lowest BCUT2D eigenvalue weighted by atomic mass is 9.93. The fourth-order valence-corrected chi connectivity index (χ4v) is 4.16. The Morgan fingerprint density at radius 1 is 1.40 bits per heavy atom. The van der Waals surface area contributed by atoms with Crippen LogP contribution in [0.5, 0.6) is 0 Å². The molecule has 1 fully saturated rings. The molecule has 5 heteroatoms. The van der Waals surface area contributed by atoms with Gasteiger partial charge in [0.05, 0.1) is 12.5 Å². The molecule has 1 aliphatic carbocycles. The Balaban J connectivity index is 1.71. The molecule has 0 saturated carbocycles. The first kappa shape index (κ1) is 13.8. The number of rotatable bonds is 4. The number of amides is 2. The van der Waals surface area contributed by atoms with E-state index in [0.717, 1.165) is 25.7 Å². The van der Waals surface area contributed by atoms with Crippen molar-refractivity contribution >= 4 is 23.2 Å². The maximum Gasteiger partial charge on any atom is 0.246 e. The molecule has 0 spiro atoms. The number of carbonyl (C=O) groups is 2. The topological polar surface area (TPSA) is 49.4 Å². The number of hydrogen-bond acceptors (Lipinski definition) is 4. The van der Waals surface area contributed by atoms with Crippen molar-refractivity contribution in [3.8, 4) is 0 Å². The van der Waals surface area contributed by atoms with Crippen LogP contribution in [-0.4, -0.2) is 29.3 Å². The van der Waals surface area contributed by atoms with E-state index in [0.29, 0.717) is 13.0 Å². The van der Waals surface area contributed by atoms with Crippen molar-refractivity contribution in [3.05, 3.63) is 21.9 Å². The third-order valence-corrected chi connectivity index (χ3v) is 5.14. The molecule has 2 amide bonds. The van der Waals surface area contributed by atoms with Gasteiger partial charge >= 0.3 is 0 Å². The molecule has 4 nitrogen and oxygen atoms in total. The average Bonchev–Trinajstić information content (AvgIpc) is 3.00. The summed E-state index contributed by atoms with van der Waals surface area (Å²) in [6, 6.07) is 2.06. The summed E-state index contributed by atoms with van der Waals surface area (Å²) in [6.07, 6.45) is 4.48. The molecule has 3 rings (SSSR count). The number of carbonyl (C=O) groups excluding carboxylic acids is 2. The number of nitrogens with one attached hydrogen (secondary N) is 1. The van der Waals surface area contributed by atoms with E-state index in [4.69, 9.17) is 0 Å². The van der Waals surface area contributed by atoms with Crippen LogP contribution in [0, 0.1) is 0 Å². The first-order valence-corrected chi connectivity index (χ1v) is 8.25. The second-order valence-corrected chi connectivity index (χ2v) is 6.55. The second kappa shape index (κ2) is 5.66. The molecule has 2 unspecified atom stereocenters. The van der Waals surface area contributed by atoms with Crippen LogP contribution in [0.1, 0.15) is 49.1 Å². The summed E-state index contributed by atoms with van der Waals surface area (Å²) in [4.78, 5) is 27.0. The van der Waals surface area contributed by atoms with Crippen LogP contribution in [0.3, 0.4) is 0 Å². The van der Waals surface area contributed by atoms with Crippen molar-refractivity contribution in [2.24, 2.45) is 0 Å². The van der Waals surface area contributed by atoms with Gasteiger partial charge in [-0.3, -0.25) is 19.8 Å². The van der Waals surface area contributed by atoms with Gasteiger partial charge in [-0.2, -0.15) is 0 Å². The highest BCUT2D eigenvalue weighted by molar-refractivity contribution is 7.10. The lowest BCUT2D eigenvalue weighted by Crippen LogP contribution is -2.41. The lowest BCUT2D eigenvalue weighted by Gasteiger charge is -2.26. The third-order valence-electron chi connectivity index (χ3n) is 4.15. The quantitative estimate of drug-likeness (QED) is 0.866. The summed E-state index contributed by atoms with van der Waals surface area (Å²) < 4.78 is 0. The molecule has 0 radical (unpaired) electrons. The summed E-state index contributed by atoms with van der Waals surface area (Å²) in [5.74, 6) is -0.0742. The Morgan fingerprint density at radius 2 is 2.25 bits per heavy atom. The van der Waals surface area contributed by atoms with Gasteiger partial charge in [0.2, 0.25) is 11.8 Å². The maximum absolute atomic E-state index is 12.3. The van der Waals surface area contributed by atoms with Crippen LogP contribution in [-0.2, 0) is 16.0 Å². The summed E-state index contributed by atoms with van der Waals surface area (Å²) in [5.41, 5.74) is 1.33. The molecule has 0 bridgehead atoms. The summed E-state index contributed by atoms with van der Waals surface area (Å²) in [7, 11) is 0. The van der Waals surface area contributed by atoms with Crippen molar-refractivity contribution in [2.75, 3.05) is 6.54 Å². The fourth-order valence-electron chi connectivity index (χ4n) is 3.17. The van der Waals surface area contributed by atoms with Crippen molar-refractivity contribution in [3.63, 3.8) is 0 Å². The van der Waals surface area contributed by atoms with E-state index in [-0.39, 0.29) is 23.9 Å². The van der Waals surface area contributed by atoms with Crippen molar-refractivity contribution in [1.82, 2.24) is 10.2 Å². The van der Waals surface area contributed by atoms with Gasteiger partial charge in [-0.25, -0.2) is 0 Å². The van der Waals surface area contributed by atoms with Crippen molar-refractivity contribution in [2.45, 2.75) is 51.1 Å². The van der Waals surface area contributed by atoms with Crippen LogP contribution in [0.25, 0.3) is 0 Å². The minimum atomic E-state index is -0.329. The minimum Gasteiger partial charge on any atom is -0.298 e. The number of fused-ring (bicyclic) bond motifs is 1. The molecule has 108 valence electrons. The zero-order valence-electron chi connectivity index (χ0n) is 11.7. The average molecular weight is 292 g/mol. The Labute approximate surface area is 123 Å². The van der Waals surface area contributed by atoms with Crippen LogP contribution in [0.15, 0.2) is 11.4 Å². The predicted molar refractivity (Wildman–Crippen MR) is 78.5 cm³/mol. The second-order valence-electron chi connectivity index (χ2n) is 5.55. The maximum atomic E-state index is 12.3. The van der Waals surface area contributed by atoms with Gasteiger partial charge in [-0.05, 0) is 42.7 Å². The normalized spacial score (nSPS) is 26.1. The minimum absolute atomic E-state index is 0.0318. The summed E-state index contributed by atoms with van der Waals surface area (Å²) in [5, 5.41) is 5.54. The Kier molecular flexibility index (Phi) is 3.89. The van der Waals surface area contributed by atoms with Gasteiger partial charge in [-0.15, -0.1) is 11.3 Å². The molecule has 1 saturated heterocycles. The van der Waals surface area contributed by atoms with Crippen LogP contribution in [0.4, 0.5) is 0 Å². The summed E-state index contributed by atoms with van der Waals surface area (Å²) in [6.45, 7) is 2.53. The van der Waals surface area contributed by atoms with Gasteiger partial charge < -0.3 is 0 Å². The van der Waals surface area contributed by atoms with E-state index in [9.17, 15) is 9.59 Å². The number of nitrogens with zero attached hydrogens (tertiary/aromatic N) is 1. The van der Waals surface area contributed by atoms with E-state index in [2.05, 4.69) is 16.8 Å². The molecular weight excluding hydrogens is 272 g/mol. The third kappa shape index (κ3) is 2.40. The van der Waals surface area contributed by atoms with E-state index in [1.54, 1.807) is 11.3 Å². The monoisotopic (exact) mass is 292 g/mol. The predicted octanol–water partition coefficient (Wildman–Crippen LogP) is 2.25. The summed E-state index contributed by atoms with van der Waals surface area (Å²) >= 11 is 1.79. The van der Waals surface area contributed by atoms with E-state index in [1.165, 1.54) is 15.3 Å². The van der Waals surface area contributed by atoms with Crippen molar-refractivity contribution < 1.29 is 9.59 Å². The molecule has 0 aromatic carbocycles.